The Morgan fingerprint density at radius 3 is 1.41 bits per heavy atom. The molecule has 0 aromatic carbocycles. The molecule has 0 aromatic rings. The van der Waals surface area contributed by atoms with Crippen LogP contribution in [0.15, 0.2) is 109 Å². The Kier molecular flexibility index (Phi) is 36.9. The van der Waals surface area contributed by atoms with Gasteiger partial charge < -0.3 is 18.9 Å². The van der Waals surface area contributed by atoms with E-state index in [0.29, 0.717) is 30.3 Å². The summed E-state index contributed by atoms with van der Waals surface area (Å²) < 4.78 is 34.2. The zero-order chi connectivity index (χ0) is 42.8. The van der Waals surface area contributed by atoms with Gasteiger partial charge in [0.1, 0.15) is 19.8 Å². The van der Waals surface area contributed by atoms with Crippen LogP contribution in [0.5, 0.6) is 0 Å². The molecular weight excluding hydrogens is 750 g/mol. The molecule has 0 rings (SSSR count). The van der Waals surface area contributed by atoms with Gasteiger partial charge in [-0.05, 0) is 89.9 Å². The van der Waals surface area contributed by atoms with E-state index in [1.807, 2.05) is 27.2 Å². The predicted octanol–water partition coefficient (Wildman–Crippen LogP) is 12.3. The summed E-state index contributed by atoms with van der Waals surface area (Å²) in [6.07, 6.45) is 52.9. The molecule has 328 valence electrons. The first-order valence-corrected chi connectivity index (χ1v) is 23.1. The van der Waals surface area contributed by atoms with E-state index in [1.165, 1.54) is 0 Å². The van der Waals surface area contributed by atoms with Gasteiger partial charge in [0.25, 0.3) is 0 Å². The standard InChI is InChI=1S/C48H78NO8P/c1-6-8-10-12-14-16-18-20-22-24-26-28-30-32-34-36-38-40-47(50)54-44-46(45-56-58(52,53)55-43-42-49(3,4)5)57-48(51)41-39-37-35-33-31-29-27-25-23-21-19-17-15-13-11-9-7-2/h8-11,14-17,20-23,26-29,33,35,46H,6-7,12-13,18-19,24-25,30-32,34,36-45H2,1-5H3/p+1/b10-8-,11-9-,16-14-,17-15-,22-20-,23-21-,28-26-,29-27-,35-33-/t46-/m1/s1. The summed E-state index contributed by atoms with van der Waals surface area (Å²) in [5, 5.41) is 0. The van der Waals surface area contributed by atoms with Crippen molar-refractivity contribution in [2.45, 2.75) is 136 Å². The maximum Gasteiger partial charge on any atom is 0.472 e. The molecule has 0 aliphatic rings. The number of allylic oxidation sites excluding steroid dienone is 18. The van der Waals surface area contributed by atoms with Crippen LogP contribution in [0.25, 0.3) is 0 Å². The number of phosphoric acid groups is 1. The minimum absolute atomic E-state index is 0.00988. The van der Waals surface area contributed by atoms with Crippen molar-refractivity contribution in [1.82, 2.24) is 0 Å². The summed E-state index contributed by atoms with van der Waals surface area (Å²) in [4.78, 5) is 35.3. The number of carbonyl (C=O) groups excluding carboxylic acids is 2. The van der Waals surface area contributed by atoms with Crippen molar-refractivity contribution in [1.29, 1.82) is 0 Å². The molecule has 0 heterocycles. The second-order valence-electron chi connectivity index (χ2n) is 15.0. The van der Waals surface area contributed by atoms with Crippen molar-refractivity contribution in [2.24, 2.45) is 0 Å². The molecular formula is C48H79NO8P+. The van der Waals surface area contributed by atoms with E-state index in [1.54, 1.807) is 0 Å². The summed E-state index contributed by atoms with van der Waals surface area (Å²) in [6, 6.07) is 0. The molecule has 1 unspecified atom stereocenters. The fourth-order valence-electron chi connectivity index (χ4n) is 4.98. The smallest absolute Gasteiger partial charge is 0.462 e. The number of hydrogen-bond donors (Lipinski definition) is 1. The van der Waals surface area contributed by atoms with Crippen LogP contribution in [-0.4, -0.2) is 74.9 Å². The third kappa shape index (κ3) is 42.3. The van der Waals surface area contributed by atoms with E-state index in [-0.39, 0.29) is 26.1 Å². The molecule has 0 saturated heterocycles. The molecule has 0 radical (unpaired) electrons. The average Bonchev–Trinajstić information content (AvgIpc) is 3.17. The van der Waals surface area contributed by atoms with Crippen LogP contribution in [-0.2, 0) is 32.7 Å². The van der Waals surface area contributed by atoms with Crippen LogP contribution < -0.4 is 0 Å². The van der Waals surface area contributed by atoms with E-state index < -0.39 is 32.5 Å². The van der Waals surface area contributed by atoms with Crippen molar-refractivity contribution in [3.8, 4) is 0 Å². The van der Waals surface area contributed by atoms with Crippen LogP contribution in [0.4, 0.5) is 0 Å². The van der Waals surface area contributed by atoms with Crippen molar-refractivity contribution in [3.05, 3.63) is 109 Å². The van der Waals surface area contributed by atoms with E-state index in [2.05, 4.69) is 117 Å². The molecule has 0 saturated carbocycles. The first-order chi connectivity index (χ1) is 28.0. The van der Waals surface area contributed by atoms with E-state index >= 15 is 0 Å². The summed E-state index contributed by atoms with van der Waals surface area (Å²) in [5.74, 6) is -0.909. The first-order valence-electron chi connectivity index (χ1n) is 21.6. The molecule has 0 amide bonds. The molecule has 0 aromatic heterocycles. The van der Waals surface area contributed by atoms with Gasteiger partial charge >= 0.3 is 19.8 Å². The molecule has 0 aliphatic heterocycles. The van der Waals surface area contributed by atoms with Crippen LogP contribution in [0.3, 0.4) is 0 Å². The van der Waals surface area contributed by atoms with E-state index in [4.69, 9.17) is 18.5 Å². The molecule has 10 heteroatoms. The average molecular weight is 829 g/mol. The van der Waals surface area contributed by atoms with Gasteiger partial charge in [-0.25, -0.2) is 4.57 Å². The van der Waals surface area contributed by atoms with E-state index in [0.717, 1.165) is 83.5 Å². The monoisotopic (exact) mass is 829 g/mol. The Labute approximate surface area is 353 Å². The Hall–Kier alpha value is -3.33. The number of nitrogens with zero attached hydrogens (tertiary/aromatic N) is 1. The third-order valence-electron chi connectivity index (χ3n) is 8.30. The lowest BCUT2D eigenvalue weighted by atomic mass is 10.1. The van der Waals surface area contributed by atoms with Gasteiger partial charge in [0.15, 0.2) is 6.10 Å². The van der Waals surface area contributed by atoms with Gasteiger partial charge in [0, 0.05) is 12.8 Å². The number of esters is 2. The normalized spacial score (nSPS) is 14.7. The van der Waals surface area contributed by atoms with Gasteiger partial charge in [0.05, 0.1) is 27.7 Å². The van der Waals surface area contributed by atoms with Crippen LogP contribution in [0.1, 0.15) is 129 Å². The second-order valence-corrected chi connectivity index (χ2v) is 16.4. The second kappa shape index (κ2) is 39.1. The fourth-order valence-corrected chi connectivity index (χ4v) is 5.72. The number of phosphoric ester groups is 1. The molecule has 0 spiro atoms. The first kappa shape index (κ1) is 54.7. The Morgan fingerprint density at radius 1 is 0.534 bits per heavy atom. The van der Waals surface area contributed by atoms with E-state index in [9.17, 15) is 19.0 Å². The van der Waals surface area contributed by atoms with Gasteiger partial charge in [-0.2, -0.15) is 0 Å². The van der Waals surface area contributed by atoms with Gasteiger partial charge in [-0.15, -0.1) is 0 Å². The highest BCUT2D eigenvalue weighted by Crippen LogP contribution is 2.43. The molecule has 0 fully saturated rings. The summed E-state index contributed by atoms with van der Waals surface area (Å²) in [5.41, 5.74) is 0. The quantitative estimate of drug-likeness (QED) is 0.0217. The van der Waals surface area contributed by atoms with Crippen LogP contribution in [0, 0.1) is 0 Å². The minimum atomic E-state index is -4.40. The highest BCUT2D eigenvalue weighted by molar-refractivity contribution is 7.47. The Morgan fingerprint density at radius 2 is 0.948 bits per heavy atom. The van der Waals surface area contributed by atoms with Crippen molar-refractivity contribution < 1.29 is 42.1 Å². The SMILES string of the molecule is CC/C=C\C/C=C\C/C=C\C/C=C\C/C=C\CCCC(=O)O[C@H](COC(=O)CCCCCC/C=C\C/C=C\C/C=C\C/C=C\CC)COP(=O)(O)OCC[N+](C)(C)C. The topological polar surface area (TPSA) is 108 Å². The van der Waals surface area contributed by atoms with Gasteiger partial charge in [0.2, 0.25) is 0 Å². The van der Waals surface area contributed by atoms with Crippen molar-refractivity contribution in [2.75, 3.05) is 47.5 Å². The van der Waals surface area contributed by atoms with Crippen molar-refractivity contribution >= 4 is 19.8 Å². The number of likely N-dealkylation sites (N-methyl/N-ethyl adjacent to an activating group) is 1. The lowest BCUT2D eigenvalue weighted by Crippen LogP contribution is -2.37. The lowest BCUT2D eigenvalue weighted by Gasteiger charge is -2.24. The molecule has 1 N–H and O–H groups in total. The summed E-state index contributed by atoms with van der Waals surface area (Å²) in [7, 11) is 1.40. The van der Waals surface area contributed by atoms with Gasteiger partial charge in [-0.3, -0.25) is 18.6 Å². The molecule has 0 aliphatic carbocycles. The number of ether oxygens (including phenoxy) is 2. The Balaban J connectivity index is 4.54. The fraction of sp³-hybridized carbons (Fsp3) is 0.583. The minimum Gasteiger partial charge on any atom is -0.462 e. The lowest BCUT2D eigenvalue weighted by molar-refractivity contribution is -0.870. The number of hydrogen-bond acceptors (Lipinski definition) is 7. The number of quaternary nitrogens is 1. The predicted molar refractivity (Wildman–Crippen MR) is 242 cm³/mol. The van der Waals surface area contributed by atoms with Crippen LogP contribution >= 0.6 is 7.82 Å². The third-order valence-corrected chi connectivity index (χ3v) is 9.28. The maximum absolute atomic E-state index is 12.7. The zero-order valence-electron chi connectivity index (χ0n) is 36.7. The largest absolute Gasteiger partial charge is 0.472 e. The highest BCUT2D eigenvalue weighted by atomic mass is 31.2. The molecule has 0 bridgehead atoms. The highest BCUT2D eigenvalue weighted by Gasteiger charge is 2.27. The molecule has 58 heavy (non-hydrogen) atoms. The number of unbranched alkanes of at least 4 members (excludes halogenated alkanes) is 5. The molecule has 2 atom stereocenters. The number of carbonyl (C=O) groups is 2. The van der Waals surface area contributed by atoms with Gasteiger partial charge in [-0.1, -0.05) is 136 Å². The summed E-state index contributed by atoms with van der Waals surface area (Å²) >= 11 is 0. The summed E-state index contributed by atoms with van der Waals surface area (Å²) in [6.45, 7) is 4.06. The Bertz CT molecular complexity index is 1350. The zero-order valence-corrected chi connectivity index (χ0v) is 37.6. The molecule has 9 nitrogen and oxygen atoms in total. The number of rotatable bonds is 37. The maximum atomic E-state index is 12.7. The van der Waals surface area contributed by atoms with Crippen LogP contribution in [0.2, 0.25) is 0 Å². The van der Waals surface area contributed by atoms with Crippen molar-refractivity contribution in [3.63, 3.8) is 0 Å².